The van der Waals surface area contributed by atoms with E-state index in [-0.39, 0.29) is 29.0 Å². The molecule has 7 nitrogen and oxygen atoms in total. The van der Waals surface area contributed by atoms with Crippen LogP contribution in [0.2, 0.25) is 0 Å². The molecule has 0 aliphatic rings. The molecule has 0 radical (unpaired) electrons. The Morgan fingerprint density at radius 1 is 1.03 bits per heavy atom. The number of nitrogens with one attached hydrogen (secondary N) is 1. The lowest BCUT2D eigenvalue weighted by Gasteiger charge is -2.05. The molecule has 2 aromatic carbocycles. The summed E-state index contributed by atoms with van der Waals surface area (Å²) in [5.41, 5.74) is 0.852. The number of hydrogen-bond donors (Lipinski definition) is 2. The Kier molecular flexibility index (Phi) is 6.30. The predicted molar refractivity (Wildman–Crippen MR) is 103 cm³/mol. The second kappa shape index (κ2) is 8.89. The van der Waals surface area contributed by atoms with E-state index in [4.69, 9.17) is 14.3 Å². The van der Waals surface area contributed by atoms with Crippen molar-refractivity contribution in [1.29, 1.82) is 0 Å². The van der Waals surface area contributed by atoms with E-state index in [1.807, 2.05) is 0 Å². The van der Waals surface area contributed by atoms with Crippen LogP contribution in [-0.2, 0) is 23.1 Å². The number of primary sulfonamides is 1. The number of sulfonamides is 1. The molecule has 1 aromatic heterocycles. The van der Waals surface area contributed by atoms with Gasteiger partial charge in [-0.1, -0.05) is 12.1 Å². The largest absolute Gasteiger partial charge is 0.486 e. The standard InChI is InChI=1S/C20H19FN2O5S/c21-15-3-5-16(6-4-15)27-13-17-7-10-19(28-17)20(24)23-12-11-14-1-8-18(9-2-14)29(22,25)26/h1-10H,11-13H2,(H,23,24)(H2,22,25,26). The van der Waals surface area contributed by atoms with Crippen molar-refractivity contribution < 1.29 is 26.8 Å². The maximum absolute atomic E-state index is 12.9. The van der Waals surface area contributed by atoms with Gasteiger partial charge in [-0.25, -0.2) is 17.9 Å². The summed E-state index contributed by atoms with van der Waals surface area (Å²) in [5, 5.41) is 7.78. The second-order valence-corrected chi connectivity index (χ2v) is 7.76. The zero-order valence-corrected chi connectivity index (χ0v) is 16.1. The summed E-state index contributed by atoms with van der Waals surface area (Å²) in [5.74, 6) is 0.362. The topological polar surface area (TPSA) is 112 Å². The van der Waals surface area contributed by atoms with Gasteiger partial charge in [-0.3, -0.25) is 4.79 Å². The molecule has 0 spiro atoms. The highest BCUT2D eigenvalue weighted by Gasteiger charge is 2.12. The van der Waals surface area contributed by atoms with Crippen LogP contribution in [0.15, 0.2) is 70.0 Å². The molecule has 0 unspecified atom stereocenters. The summed E-state index contributed by atoms with van der Waals surface area (Å²) in [6, 6.07) is 14.9. The quantitative estimate of drug-likeness (QED) is 0.584. The molecule has 29 heavy (non-hydrogen) atoms. The van der Waals surface area contributed by atoms with Crippen molar-refractivity contribution in [3.63, 3.8) is 0 Å². The first-order chi connectivity index (χ1) is 13.8. The van der Waals surface area contributed by atoms with E-state index in [0.29, 0.717) is 24.5 Å². The second-order valence-electron chi connectivity index (χ2n) is 6.20. The summed E-state index contributed by atoms with van der Waals surface area (Å²) in [6.45, 7) is 0.449. The van der Waals surface area contributed by atoms with Gasteiger partial charge in [0.25, 0.3) is 5.91 Å². The van der Waals surface area contributed by atoms with Gasteiger partial charge in [0.1, 0.15) is 23.9 Å². The lowest BCUT2D eigenvalue weighted by atomic mass is 10.1. The number of carbonyl (C=O) groups excluding carboxylic acids is 1. The monoisotopic (exact) mass is 418 g/mol. The van der Waals surface area contributed by atoms with Crippen LogP contribution >= 0.6 is 0 Å². The number of carbonyl (C=O) groups is 1. The lowest BCUT2D eigenvalue weighted by molar-refractivity contribution is 0.0922. The molecule has 1 heterocycles. The number of halogens is 1. The number of nitrogens with two attached hydrogens (primary N) is 1. The van der Waals surface area contributed by atoms with Crippen LogP contribution in [0, 0.1) is 5.82 Å². The normalized spacial score (nSPS) is 11.2. The van der Waals surface area contributed by atoms with Crippen LogP contribution in [0.25, 0.3) is 0 Å². The molecule has 0 saturated carbocycles. The SMILES string of the molecule is NS(=O)(=O)c1ccc(CCNC(=O)c2ccc(COc3ccc(F)cc3)o2)cc1. The molecule has 0 fully saturated rings. The molecule has 0 aliphatic carbocycles. The fraction of sp³-hybridized carbons (Fsp3) is 0.150. The van der Waals surface area contributed by atoms with Crippen molar-refractivity contribution in [2.24, 2.45) is 5.14 Å². The van der Waals surface area contributed by atoms with E-state index in [1.165, 1.54) is 36.4 Å². The van der Waals surface area contributed by atoms with Crippen LogP contribution in [-0.4, -0.2) is 20.9 Å². The third-order valence-electron chi connectivity index (χ3n) is 4.03. The molecule has 0 saturated heterocycles. The minimum Gasteiger partial charge on any atom is -0.486 e. The van der Waals surface area contributed by atoms with Crippen molar-refractivity contribution in [3.05, 3.63) is 83.6 Å². The van der Waals surface area contributed by atoms with Crippen LogP contribution in [0.5, 0.6) is 5.75 Å². The predicted octanol–water partition coefficient (Wildman–Crippen LogP) is 2.62. The van der Waals surface area contributed by atoms with E-state index in [9.17, 15) is 17.6 Å². The Bertz CT molecular complexity index is 1080. The third kappa shape index (κ3) is 5.90. The van der Waals surface area contributed by atoms with Crippen LogP contribution in [0.3, 0.4) is 0 Å². The smallest absolute Gasteiger partial charge is 0.287 e. The van der Waals surface area contributed by atoms with Gasteiger partial charge in [0.15, 0.2) is 5.76 Å². The first-order valence-electron chi connectivity index (χ1n) is 8.68. The number of rotatable bonds is 8. The first kappa shape index (κ1) is 20.6. The van der Waals surface area contributed by atoms with Gasteiger partial charge in [-0.2, -0.15) is 0 Å². The van der Waals surface area contributed by atoms with Gasteiger partial charge in [-0.05, 0) is 60.5 Å². The highest BCUT2D eigenvalue weighted by molar-refractivity contribution is 7.89. The minimum atomic E-state index is -3.72. The zero-order valence-electron chi connectivity index (χ0n) is 15.3. The van der Waals surface area contributed by atoms with Crippen LogP contribution in [0.4, 0.5) is 4.39 Å². The Morgan fingerprint density at radius 3 is 2.38 bits per heavy atom. The molecular formula is C20H19FN2O5S. The number of amides is 1. The van der Waals surface area contributed by atoms with Gasteiger partial charge in [0, 0.05) is 6.54 Å². The molecule has 0 atom stereocenters. The third-order valence-corrected chi connectivity index (χ3v) is 4.96. The average Bonchev–Trinajstić information content (AvgIpc) is 3.16. The molecule has 3 aromatic rings. The van der Waals surface area contributed by atoms with Crippen molar-refractivity contribution in [2.75, 3.05) is 6.54 Å². The van der Waals surface area contributed by atoms with Crippen molar-refractivity contribution in [3.8, 4) is 5.75 Å². The Hall–Kier alpha value is -3.17. The van der Waals surface area contributed by atoms with Crippen molar-refractivity contribution >= 4 is 15.9 Å². The van der Waals surface area contributed by atoms with Gasteiger partial charge < -0.3 is 14.5 Å². The molecular weight excluding hydrogens is 399 g/mol. The molecule has 0 aliphatic heterocycles. The van der Waals surface area contributed by atoms with Crippen molar-refractivity contribution in [1.82, 2.24) is 5.32 Å². The van der Waals surface area contributed by atoms with E-state index in [0.717, 1.165) is 5.56 Å². The Labute approximate surface area is 167 Å². The summed E-state index contributed by atoms with van der Waals surface area (Å²) < 4.78 is 46.3. The van der Waals surface area contributed by atoms with E-state index in [1.54, 1.807) is 24.3 Å². The highest BCUT2D eigenvalue weighted by atomic mass is 32.2. The first-order valence-corrected chi connectivity index (χ1v) is 10.2. The molecule has 3 rings (SSSR count). The Balaban J connectivity index is 1.47. The summed E-state index contributed by atoms with van der Waals surface area (Å²) in [4.78, 5) is 12.2. The maximum Gasteiger partial charge on any atom is 0.287 e. The Morgan fingerprint density at radius 2 is 1.72 bits per heavy atom. The highest BCUT2D eigenvalue weighted by Crippen LogP contribution is 2.15. The van der Waals surface area contributed by atoms with E-state index < -0.39 is 10.0 Å². The van der Waals surface area contributed by atoms with Gasteiger partial charge >= 0.3 is 0 Å². The molecule has 1 amide bonds. The molecule has 0 bridgehead atoms. The number of hydrogen-bond acceptors (Lipinski definition) is 5. The summed E-state index contributed by atoms with van der Waals surface area (Å²) in [6.07, 6.45) is 0.512. The number of ether oxygens (including phenoxy) is 1. The molecule has 152 valence electrons. The fourth-order valence-corrected chi connectivity index (χ4v) is 3.03. The van der Waals surface area contributed by atoms with Gasteiger partial charge in [0.2, 0.25) is 10.0 Å². The van der Waals surface area contributed by atoms with Crippen LogP contribution in [0.1, 0.15) is 21.9 Å². The van der Waals surface area contributed by atoms with E-state index in [2.05, 4.69) is 5.32 Å². The summed E-state index contributed by atoms with van der Waals surface area (Å²) >= 11 is 0. The van der Waals surface area contributed by atoms with Crippen LogP contribution < -0.4 is 15.2 Å². The molecule has 3 N–H and O–H groups in total. The van der Waals surface area contributed by atoms with Gasteiger partial charge in [-0.15, -0.1) is 0 Å². The number of furan rings is 1. The zero-order chi connectivity index (χ0) is 20.9. The lowest BCUT2D eigenvalue weighted by Crippen LogP contribution is -2.25. The van der Waals surface area contributed by atoms with Gasteiger partial charge in [0.05, 0.1) is 4.90 Å². The molecule has 9 heteroatoms. The van der Waals surface area contributed by atoms with Crippen molar-refractivity contribution in [2.45, 2.75) is 17.9 Å². The fourth-order valence-electron chi connectivity index (χ4n) is 2.52. The maximum atomic E-state index is 12.9. The number of benzene rings is 2. The van der Waals surface area contributed by atoms with E-state index >= 15 is 0 Å². The minimum absolute atomic E-state index is 0.0382. The summed E-state index contributed by atoms with van der Waals surface area (Å²) in [7, 11) is -3.72. The average molecular weight is 418 g/mol.